The summed E-state index contributed by atoms with van der Waals surface area (Å²) in [5, 5.41) is 32.4. The van der Waals surface area contributed by atoms with Crippen molar-refractivity contribution in [2.45, 2.75) is 24.7 Å². The van der Waals surface area contributed by atoms with Crippen LogP contribution in [-0.4, -0.2) is 55.1 Å². The van der Waals surface area contributed by atoms with Crippen LogP contribution in [-0.2, 0) is 0 Å². The van der Waals surface area contributed by atoms with E-state index in [4.69, 9.17) is 5.73 Å². The Morgan fingerprint density at radius 1 is 1.22 bits per heavy atom. The molecule has 0 aliphatic heterocycles. The Morgan fingerprint density at radius 2 is 2.04 bits per heavy atom. The van der Waals surface area contributed by atoms with E-state index < -0.39 is 18.2 Å². The van der Waals surface area contributed by atoms with Crippen molar-refractivity contribution in [2.75, 3.05) is 17.7 Å². The molecular weight excluding hydrogens is 298 g/mol. The first-order chi connectivity index (χ1) is 11.1. The molecule has 2 heterocycles. The van der Waals surface area contributed by atoms with Gasteiger partial charge in [0.25, 0.3) is 0 Å². The highest BCUT2D eigenvalue weighted by Gasteiger charge is 2.41. The number of aromatic nitrogens is 3. The standard InChI is InChI=1S/C15H19N5O3/c16-15-18-6-9(10-3-1-2-4-17-10)14(20-15)19-11-5-8(7-21)12(22)13(11)23/h1-4,6,8,11-13,21-23H,5,7H2,(H3,16,18,19,20)/t8-,11-,12-,13+/m1/s1. The third-order valence-corrected chi connectivity index (χ3v) is 4.11. The Morgan fingerprint density at radius 3 is 2.70 bits per heavy atom. The molecule has 1 fully saturated rings. The predicted molar refractivity (Wildman–Crippen MR) is 84.3 cm³/mol. The number of nitrogens with two attached hydrogens (primary N) is 1. The van der Waals surface area contributed by atoms with E-state index >= 15 is 0 Å². The summed E-state index contributed by atoms with van der Waals surface area (Å²) in [6.45, 7) is -0.185. The summed E-state index contributed by atoms with van der Waals surface area (Å²) >= 11 is 0. The number of hydrogen-bond acceptors (Lipinski definition) is 8. The van der Waals surface area contributed by atoms with Crippen molar-refractivity contribution in [1.29, 1.82) is 0 Å². The Balaban J connectivity index is 1.90. The lowest BCUT2D eigenvalue weighted by molar-refractivity contribution is 0.00446. The number of nitrogens with zero attached hydrogens (tertiary/aromatic N) is 3. The van der Waals surface area contributed by atoms with Gasteiger partial charge in [-0.1, -0.05) is 6.07 Å². The molecule has 4 atom stereocenters. The molecule has 2 aromatic heterocycles. The molecule has 8 nitrogen and oxygen atoms in total. The van der Waals surface area contributed by atoms with Crippen LogP contribution < -0.4 is 11.1 Å². The van der Waals surface area contributed by atoms with Gasteiger partial charge in [0.05, 0.1) is 23.4 Å². The molecule has 3 rings (SSSR count). The average Bonchev–Trinajstić information content (AvgIpc) is 2.84. The van der Waals surface area contributed by atoms with Gasteiger partial charge in [-0.2, -0.15) is 4.98 Å². The maximum absolute atomic E-state index is 10.1. The van der Waals surface area contributed by atoms with Crippen molar-refractivity contribution in [1.82, 2.24) is 15.0 Å². The highest BCUT2D eigenvalue weighted by atomic mass is 16.3. The SMILES string of the molecule is Nc1ncc(-c2ccccn2)c(N[C@@H]2C[C@H](CO)[C@@H](O)[C@H]2O)n1. The molecule has 1 aliphatic carbocycles. The van der Waals surface area contributed by atoms with E-state index in [0.29, 0.717) is 23.5 Å². The summed E-state index contributed by atoms with van der Waals surface area (Å²) in [4.78, 5) is 12.4. The van der Waals surface area contributed by atoms with Crippen molar-refractivity contribution in [3.63, 3.8) is 0 Å². The Kier molecular flexibility index (Phi) is 4.37. The van der Waals surface area contributed by atoms with Gasteiger partial charge in [-0.05, 0) is 18.6 Å². The Labute approximate surface area is 133 Å². The maximum Gasteiger partial charge on any atom is 0.221 e. The van der Waals surface area contributed by atoms with Crippen molar-refractivity contribution in [2.24, 2.45) is 5.92 Å². The fourth-order valence-electron chi connectivity index (χ4n) is 2.84. The van der Waals surface area contributed by atoms with E-state index in [1.165, 1.54) is 0 Å². The van der Waals surface area contributed by atoms with Crippen LogP contribution in [0.1, 0.15) is 6.42 Å². The summed E-state index contributed by atoms with van der Waals surface area (Å²) in [7, 11) is 0. The lowest BCUT2D eigenvalue weighted by Crippen LogP contribution is -2.35. The van der Waals surface area contributed by atoms with Crippen LogP contribution in [0.5, 0.6) is 0 Å². The zero-order valence-corrected chi connectivity index (χ0v) is 12.4. The molecule has 1 saturated carbocycles. The van der Waals surface area contributed by atoms with Gasteiger partial charge >= 0.3 is 0 Å². The molecule has 0 aromatic carbocycles. The first-order valence-corrected chi connectivity index (χ1v) is 7.37. The zero-order chi connectivity index (χ0) is 16.4. The topological polar surface area (TPSA) is 137 Å². The molecule has 2 aromatic rings. The third kappa shape index (κ3) is 3.09. The lowest BCUT2D eigenvalue weighted by atomic mass is 10.1. The van der Waals surface area contributed by atoms with E-state index in [0.717, 1.165) is 0 Å². The number of rotatable bonds is 4. The van der Waals surface area contributed by atoms with E-state index in [2.05, 4.69) is 20.3 Å². The molecule has 0 bridgehead atoms. The summed E-state index contributed by atoms with van der Waals surface area (Å²) < 4.78 is 0. The molecular formula is C15H19N5O3. The van der Waals surface area contributed by atoms with Crippen molar-refractivity contribution in [3.05, 3.63) is 30.6 Å². The quantitative estimate of drug-likeness (QED) is 0.515. The molecule has 6 N–H and O–H groups in total. The fourth-order valence-corrected chi connectivity index (χ4v) is 2.84. The number of pyridine rings is 1. The number of aliphatic hydroxyl groups is 3. The van der Waals surface area contributed by atoms with Crippen molar-refractivity contribution < 1.29 is 15.3 Å². The first-order valence-electron chi connectivity index (χ1n) is 7.37. The van der Waals surface area contributed by atoms with Crippen LogP contribution in [0.15, 0.2) is 30.6 Å². The molecule has 0 amide bonds. The van der Waals surface area contributed by atoms with Gasteiger partial charge < -0.3 is 26.4 Å². The van der Waals surface area contributed by atoms with E-state index in [1.807, 2.05) is 12.1 Å². The molecule has 0 radical (unpaired) electrons. The van der Waals surface area contributed by atoms with Crippen LogP contribution in [0.2, 0.25) is 0 Å². The van der Waals surface area contributed by atoms with Gasteiger partial charge in [0, 0.05) is 24.9 Å². The van der Waals surface area contributed by atoms with Crippen LogP contribution in [0.4, 0.5) is 11.8 Å². The number of aliphatic hydroxyl groups excluding tert-OH is 3. The van der Waals surface area contributed by atoms with Crippen molar-refractivity contribution >= 4 is 11.8 Å². The van der Waals surface area contributed by atoms with Crippen LogP contribution in [0.25, 0.3) is 11.3 Å². The van der Waals surface area contributed by atoms with E-state index in [-0.39, 0.29) is 18.5 Å². The maximum atomic E-state index is 10.1. The van der Waals surface area contributed by atoms with Gasteiger partial charge in [0.2, 0.25) is 5.95 Å². The second kappa shape index (κ2) is 6.45. The number of anilines is 2. The summed E-state index contributed by atoms with van der Waals surface area (Å²) in [5.74, 6) is 0.157. The summed E-state index contributed by atoms with van der Waals surface area (Å²) in [5.41, 5.74) is 6.98. The lowest BCUT2D eigenvalue weighted by Gasteiger charge is -2.20. The molecule has 23 heavy (non-hydrogen) atoms. The highest BCUT2D eigenvalue weighted by molar-refractivity contribution is 5.72. The Hall–Kier alpha value is -2.29. The molecule has 8 heteroatoms. The normalized spacial score (nSPS) is 27.1. The molecule has 1 aliphatic rings. The van der Waals surface area contributed by atoms with Gasteiger partial charge in [-0.3, -0.25) is 4.98 Å². The highest BCUT2D eigenvalue weighted by Crippen LogP contribution is 2.31. The molecule has 0 spiro atoms. The van der Waals surface area contributed by atoms with Gasteiger partial charge in [-0.25, -0.2) is 4.98 Å². The van der Waals surface area contributed by atoms with Gasteiger partial charge in [0.15, 0.2) is 0 Å². The average molecular weight is 317 g/mol. The minimum absolute atomic E-state index is 0.0962. The van der Waals surface area contributed by atoms with Crippen LogP contribution in [0.3, 0.4) is 0 Å². The Bertz CT molecular complexity index is 669. The number of nitrogens with one attached hydrogen (secondary N) is 1. The first kappa shape index (κ1) is 15.6. The minimum Gasteiger partial charge on any atom is -0.396 e. The molecule has 122 valence electrons. The van der Waals surface area contributed by atoms with Gasteiger partial charge in [0.1, 0.15) is 11.9 Å². The monoisotopic (exact) mass is 317 g/mol. The zero-order valence-electron chi connectivity index (χ0n) is 12.4. The van der Waals surface area contributed by atoms with Crippen molar-refractivity contribution in [3.8, 4) is 11.3 Å². The molecule has 0 unspecified atom stereocenters. The van der Waals surface area contributed by atoms with E-state index in [1.54, 1.807) is 18.5 Å². The summed E-state index contributed by atoms with van der Waals surface area (Å²) in [6, 6.07) is 5.02. The minimum atomic E-state index is -1.00. The molecule has 0 saturated heterocycles. The van der Waals surface area contributed by atoms with Crippen LogP contribution >= 0.6 is 0 Å². The van der Waals surface area contributed by atoms with Crippen LogP contribution in [0, 0.1) is 5.92 Å². The number of hydrogen-bond donors (Lipinski definition) is 5. The number of nitrogen functional groups attached to an aromatic ring is 1. The van der Waals surface area contributed by atoms with Gasteiger partial charge in [-0.15, -0.1) is 0 Å². The largest absolute Gasteiger partial charge is 0.396 e. The third-order valence-electron chi connectivity index (χ3n) is 4.11. The smallest absolute Gasteiger partial charge is 0.221 e. The second-order valence-corrected chi connectivity index (χ2v) is 5.62. The van der Waals surface area contributed by atoms with E-state index in [9.17, 15) is 15.3 Å². The second-order valence-electron chi connectivity index (χ2n) is 5.62. The fraction of sp³-hybridized carbons (Fsp3) is 0.400. The predicted octanol–water partition coefficient (Wildman–Crippen LogP) is -0.365. The summed E-state index contributed by atoms with van der Waals surface area (Å²) in [6.07, 6.45) is 1.67.